The van der Waals surface area contributed by atoms with E-state index in [0.717, 1.165) is 86.0 Å². The van der Waals surface area contributed by atoms with Crippen LogP contribution in [0.3, 0.4) is 0 Å². The summed E-state index contributed by atoms with van der Waals surface area (Å²) >= 11 is 1.64. The van der Waals surface area contributed by atoms with Crippen LogP contribution in [0.2, 0.25) is 0 Å². The number of piperidine rings is 1. The number of thiazole rings is 1. The number of fused-ring (bicyclic) bond motifs is 3. The molecule has 2 amide bonds. The Bertz CT molecular complexity index is 3060. The lowest BCUT2D eigenvalue weighted by atomic mass is 9.67. The molecule has 74 heavy (non-hydrogen) atoms. The predicted octanol–water partition coefficient (Wildman–Crippen LogP) is 8.00. The number of benzene rings is 2. The van der Waals surface area contributed by atoms with E-state index in [1.165, 1.54) is 52.9 Å². The molecule has 0 radical (unpaired) electrons. The first-order valence-electron chi connectivity index (χ1n) is 26.3. The number of nitrogens with zero attached hydrogens (tertiary/aromatic N) is 10. The average molecular weight is 1020 g/mol. The lowest BCUT2D eigenvalue weighted by molar-refractivity contribution is -0.133. The summed E-state index contributed by atoms with van der Waals surface area (Å²) < 4.78 is 5.81. The molecule has 4 N–H and O–H groups in total. The Balaban J connectivity index is 0.000000314. The highest BCUT2D eigenvalue weighted by Crippen LogP contribution is 2.47. The number of aliphatic hydroxyl groups is 1. The molecule has 1 spiro atoms. The molecule has 1 saturated carbocycles. The number of H-pyrrole nitrogens is 1. The predicted molar refractivity (Wildman–Crippen MR) is 285 cm³/mol. The number of aliphatic hydroxyl groups excluding tert-OH is 1. The molecule has 2 atom stereocenters. The summed E-state index contributed by atoms with van der Waals surface area (Å²) in [6.45, 7) is 13.4. The summed E-state index contributed by atoms with van der Waals surface area (Å²) in [5.41, 5.74) is 11.2. The van der Waals surface area contributed by atoms with Gasteiger partial charge in [0.2, 0.25) is 18.3 Å². The number of hydrogen-bond donors (Lipinski definition) is 4. The lowest BCUT2D eigenvalue weighted by Gasteiger charge is -2.54. The van der Waals surface area contributed by atoms with Crippen LogP contribution in [0.15, 0.2) is 83.1 Å². The second-order valence-corrected chi connectivity index (χ2v) is 22.3. The van der Waals surface area contributed by atoms with Crippen molar-refractivity contribution in [2.75, 3.05) is 55.6 Å². The molecule has 9 heterocycles. The van der Waals surface area contributed by atoms with Crippen LogP contribution in [0.1, 0.15) is 104 Å². The maximum absolute atomic E-state index is 13.3. The van der Waals surface area contributed by atoms with E-state index in [1.54, 1.807) is 28.4 Å². The first-order chi connectivity index (χ1) is 36.0. The van der Waals surface area contributed by atoms with Crippen LogP contribution in [0.25, 0.3) is 32.7 Å². The van der Waals surface area contributed by atoms with Crippen LogP contribution in [-0.4, -0.2) is 126 Å². The standard InChI is InChI=1S/C44H54N10O4.C12H12N2OS/c1-27(2)40(42(57)52-17-11-31(55)23-52)38-20-39(50-58-38)54-25-44(26-54)13-7-30(8-14-44)51-15-9-28(10-16-51)29-21-45-43(46-22-29)53-18-12-35-34(24-53)33-19-36(48-49-41(33)47-35)32-5-3-4-6-37(32)56;1-9-12(16-8-14-9)11-4-2-10(3-5-11)6-13-7-15/h3-6,19-22,27-28,30-31,40,55-56H,7-18,23-26H2,1-2H3,(H,47,49);2-5,7-8H,6H2,1H3,(H,13,15). The Labute approximate surface area is 435 Å². The minimum atomic E-state index is -0.435. The average Bonchev–Trinajstić information content (AvgIpc) is 4.26. The van der Waals surface area contributed by atoms with E-state index < -0.39 is 6.10 Å². The number of amides is 2. The van der Waals surface area contributed by atoms with Crippen molar-refractivity contribution in [3.05, 3.63) is 112 Å². The van der Waals surface area contributed by atoms with E-state index in [4.69, 9.17) is 14.5 Å². The van der Waals surface area contributed by atoms with Crippen molar-refractivity contribution in [3.63, 3.8) is 0 Å². The van der Waals surface area contributed by atoms with Crippen molar-refractivity contribution >= 4 is 46.5 Å². The molecule has 7 aromatic rings. The molecule has 5 aliphatic rings. The van der Waals surface area contributed by atoms with Crippen LogP contribution in [0, 0.1) is 18.3 Å². The van der Waals surface area contributed by atoms with Gasteiger partial charge in [0.15, 0.2) is 17.2 Å². The second-order valence-electron chi connectivity index (χ2n) is 21.5. The smallest absolute Gasteiger partial charge is 0.233 e. The number of para-hydroxylation sites is 1. The first-order valence-corrected chi connectivity index (χ1v) is 27.2. The Hall–Kier alpha value is -6.76. The number of aromatic nitrogens is 7. The number of aromatic hydroxyl groups is 1. The first kappa shape index (κ1) is 49.5. The van der Waals surface area contributed by atoms with E-state index in [-0.39, 0.29) is 23.5 Å². The number of carbonyl (C=O) groups excluding carboxylic acids is 2. The zero-order valence-electron chi connectivity index (χ0n) is 42.5. The van der Waals surface area contributed by atoms with Gasteiger partial charge >= 0.3 is 0 Å². The monoisotopic (exact) mass is 1020 g/mol. The summed E-state index contributed by atoms with van der Waals surface area (Å²) in [5, 5.41) is 37.3. The highest BCUT2D eigenvalue weighted by atomic mass is 32.1. The van der Waals surface area contributed by atoms with Crippen molar-refractivity contribution in [1.29, 1.82) is 0 Å². The molecule has 1 aliphatic carbocycles. The van der Waals surface area contributed by atoms with Gasteiger partial charge in [0.1, 0.15) is 11.7 Å². The largest absolute Gasteiger partial charge is 0.507 e. The Morgan fingerprint density at radius 3 is 2.41 bits per heavy atom. The van der Waals surface area contributed by atoms with Gasteiger partial charge in [-0.25, -0.2) is 15.0 Å². The molecule has 5 aromatic heterocycles. The quantitative estimate of drug-likeness (QED) is 0.0857. The van der Waals surface area contributed by atoms with Gasteiger partial charge in [-0.1, -0.05) is 55.4 Å². The molecule has 3 saturated heterocycles. The summed E-state index contributed by atoms with van der Waals surface area (Å²) in [4.78, 5) is 51.3. The molecule has 386 valence electrons. The number of β-amino-alcohol motifs (C(OH)–C–C–N with tert-alkyl or cyclic N) is 1. The zero-order chi connectivity index (χ0) is 50.9. The third-order valence-corrected chi connectivity index (χ3v) is 17.3. The number of hydrogen-bond acceptors (Lipinski definition) is 15. The van der Waals surface area contributed by atoms with E-state index in [2.05, 4.69) is 69.9 Å². The number of anilines is 2. The fourth-order valence-corrected chi connectivity index (χ4v) is 12.9. The Morgan fingerprint density at radius 2 is 1.72 bits per heavy atom. The number of likely N-dealkylation sites (tertiary alicyclic amines) is 2. The van der Waals surface area contributed by atoms with Gasteiger partial charge in [0.25, 0.3) is 0 Å². The van der Waals surface area contributed by atoms with E-state index in [0.29, 0.717) is 73.4 Å². The van der Waals surface area contributed by atoms with Gasteiger partial charge in [-0.3, -0.25) is 9.59 Å². The fraction of sp³-hybridized carbons (Fsp3) is 0.464. The maximum atomic E-state index is 13.3. The van der Waals surface area contributed by atoms with E-state index >= 15 is 0 Å². The summed E-state index contributed by atoms with van der Waals surface area (Å²) in [7, 11) is 0. The number of phenols is 1. The molecule has 12 rings (SSSR count). The van der Waals surface area contributed by atoms with Gasteiger partial charge in [-0.05, 0) is 112 Å². The van der Waals surface area contributed by atoms with Gasteiger partial charge in [0, 0.05) is 104 Å². The molecule has 2 aromatic carbocycles. The third kappa shape index (κ3) is 10.2. The van der Waals surface area contributed by atoms with Gasteiger partial charge in [-0.2, -0.15) is 0 Å². The molecule has 4 fully saturated rings. The third-order valence-electron chi connectivity index (χ3n) is 16.3. The number of phenolic OH excluding ortho intramolecular Hbond substituents is 1. The number of rotatable bonds is 12. The topological polar surface area (TPSA) is 206 Å². The normalized spacial score (nSPS) is 19.6. The van der Waals surface area contributed by atoms with Crippen LogP contribution in [0.4, 0.5) is 11.8 Å². The van der Waals surface area contributed by atoms with Crippen molar-refractivity contribution < 1.29 is 24.3 Å². The summed E-state index contributed by atoms with van der Waals surface area (Å²) in [6.07, 6.45) is 13.1. The molecule has 2 unspecified atom stereocenters. The number of aromatic amines is 1. The highest BCUT2D eigenvalue weighted by Gasteiger charge is 2.47. The summed E-state index contributed by atoms with van der Waals surface area (Å²) in [5.74, 6) is 2.63. The Kier molecular flexibility index (Phi) is 14.2. The Morgan fingerprint density at radius 1 is 0.946 bits per heavy atom. The minimum absolute atomic E-state index is 0.0284. The lowest BCUT2D eigenvalue weighted by Crippen LogP contribution is -2.59. The van der Waals surface area contributed by atoms with Crippen molar-refractivity contribution in [2.24, 2.45) is 11.3 Å². The van der Waals surface area contributed by atoms with E-state index in [1.807, 2.05) is 62.7 Å². The number of aryl methyl sites for hydroxylation is 1. The van der Waals surface area contributed by atoms with Crippen molar-refractivity contribution in [3.8, 4) is 27.4 Å². The second kappa shape index (κ2) is 21.2. The molecule has 4 aliphatic heterocycles. The van der Waals surface area contributed by atoms with Crippen molar-refractivity contribution in [1.82, 2.24) is 50.4 Å². The number of nitrogens with one attached hydrogen (secondary N) is 2. The van der Waals surface area contributed by atoms with Gasteiger partial charge in [-0.15, -0.1) is 21.5 Å². The highest BCUT2D eigenvalue weighted by molar-refractivity contribution is 7.13. The fourth-order valence-electron chi connectivity index (χ4n) is 12.1. The molecule has 18 heteroatoms. The molecule has 0 bridgehead atoms. The summed E-state index contributed by atoms with van der Waals surface area (Å²) in [6, 6.07) is 20.0. The van der Waals surface area contributed by atoms with Gasteiger partial charge in [0.05, 0.1) is 27.9 Å². The van der Waals surface area contributed by atoms with Crippen LogP contribution < -0.4 is 15.1 Å². The van der Waals surface area contributed by atoms with Crippen LogP contribution >= 0.6 is 11.3 Å². The van der Waals surface area contributed by atoms with E-state index in [9.17, 15) is 19.8 Å². The minimum Gasteiger partial charge on any atom is -0.507 e. The van der Waals surface area contributed by atoms with Crippen LogP contribution in [-0.2, 0) is 29.1 Å². The zero-order valence-corrected chi connectivity index (χ0v) is 43.3. The molecule has 17 nitrogen and oxygen atoms in total. The molecular weight excluding hydrogens is 953 g/mol. The SMILES string of the molecule is CC(C)C(C(=O)N1CCC(O)C1)c1cc(N2CC3(CCC(N4CCC(c5cnc(N6CCc7[nH]c8nnc(-c9ccccc9O)cc8c7C6)nc5)CC4)CC3)C2)no1.Cc1ncsc1-c1ccc(CNC=O)cc1. The molecular formula is C56H66N12O5S. The van der Waals surface area contributed by atoms with Crippen molar-refractivity contribution in [2.45, 2.75) is 109 Å². The van der Waals surface area contributed by atoms with Crippen LogP contribution in [0.5, 0.6) is 5.75 Å². The van der Waals surface area contributed by atoms with Gasteiger partial charge < -0.3 is 44.6 Å². The maximum Gasteiger partial charge on any atom is 0.233 e. The number of carbonyl (C=O) groups is 2.